The molecule has 0 amide bonds. The average molecular weight is 298 g/mol. The largest absolute Gasteiger partial charge is 0.225 e. The summed E-state index contributed by atoms with van der Waals surface area (Å²) in [6, 6.07) is 3.32. The van der Waals surface area contributed by atoms with Gasteiger partial charge in [-0.25, -0.2) is 18.7 Å². The Hall–Kier alpha value is -1.66. The molecule has 0 bridgehead atoms. The standard InChI is InChI=1S/C12H6ClF2N3S/c1-5-16-11-10(19-5)9(17-12(13)18-11)7-3-2-6(14)4-8(7)15/h2-4H,1H3. The van der Waals surface area contributed by atoms with E-state index in [1.807, 2.05) is 6.92 Å². The van der Waals surface area contributed by atoms with Crippen molar-refractivity contribution in [3.63, 3.8) is 0 Å². The number of halogens is 3. The van der Waals surface area contributed by atoms with Gasteiger partial charge < -0.3 is 0 Å². The lowest BCUT2D eigenvalue weighted by atomic mass is 10.1. The maximum absolute atomic E-state index is 13.8. The van der Waals surface area contributed by atoms with Gasteiger partial charge in [0, 0.05) is 11.6 Å². The molecule has 2 heterocycles. The van der Waals surface area contributed by atoms with Gasteiger partial charge in [0.15, 0.2) is 5.65 Å². The zero-order valence-electron chi connectivity index (χ0n) is 9.62. The lowest BCUT2D eigenvalue weighted by Crippen LogP contribution is -1.92. The molecule has 3 nitrogen and oxygen atoms in total. The number of aryl methyl sites for hydroxylation is 1. The summed E-state index contributed by atoms with van der Waals surface area (Å²) in [5.74, 6) is -1.33. The molecule has 0 radical (unpaired) electrons. The zero-order valence-corrected chi connectivity index (χ0v) is 11.2. The molecular weight excluding hydrogens is 292 g/mol. The Morgan fingerprint density at radius 3 is 2.68 bits per heavy atom. The molecule has 0 aliphatic rings. The van der Waals surface area contributed by atoms with Crippen LogP contribution in [0.3, 0.4) is 0 Å². The third-order valence-corrected chi connectivity index (χ3v) is 3.66. The van der Waals surface area contributed by atoms with Crippen molar-refractivity contribution in [2.24, 2.45) is 0 Å². The molecule has 0 saturated heterocycles. The van der Waals surface area contributed by atoms with Gasteiger partial charge in [-0.2, -0.15) is 4.98 Å². The van der Waals surface area contributed by atoms with E-state index in [4.69, 9.17) is 11.6 Å². The topological polar surface area (TPSA) is 38.7 Å². The summed E-state index contributed by atoms with van der Waals surface area (Å²) in [6.07, 6.45) is 0. The molecule has 19 heavy (non-hydrogen) atoms. The van der Waals surface area contributed by atoms with Crippen molar-refractivity contribution in [2.45, 2.75) is 6.92 Å². The second-order valence-electron chi connectivity index (χ2n) is 3.85. The molecule has 0 aliphatic carbocycles. The highest BCUT2D eigenvalue weighted by Crippen LogP contribution is 2.32. The normalized spacial score (nSPS) is 11.2. The first kappa shape index (κ1) is 12.4. The summed E-state index contributed by atoms with van der Waals surface area (Å²) >= 11 is 7.15. The van der Waals surface area contributed by atoms with Crippen LogP contribution in [0.15, 0.2) is 18.2 Å². The Balaban J connectivity index is 2.35. The molecule has 1 aromatic carbocycles. The van der Waals surface area contributed by atoms with E-state index in [0.717, 1.165) is 11.1 Å². The molecule has 0 N–H and O–H groups in total. The first-order valence-electron chi connectivity index (χ1n) is 5.30. The smallest absolute Gasteiger partial charge is 0.222 e. The van der Waals surface area contributed by atoms with Crippen molar-refractivity contribution in [1.29, 1.82) is 0 Å². The van der Waals surface area contributed by atoms with E-state index in [2.05, 4.69) is 15.0 Å². The van der Waals surface area contributed by atoms with Gasteiger partial charge in [0.1, 0.15) is 16.3 Å². The fraction of sp³-hybridized carbons (Fsp3) is 0.0833. The third kappa shape index (κ3) is 2.17. The first-order valence-corrected chi connectivity index (χ1v) is 6.50. The summed E-state index contributed by atoms with van der Waals surface area (Å²) in [4.78, 5) is 12.2. The molecule has 96 valence electrons. The summed E-state index contributed by atoms with van der Waals surface area (Å²) in [6.45, 7) is 1.81. The maximum Gasteiger partial charge on any atom is 0.225 e. The number of benzene rings is 1. The quantitative estimate of drug-likeness (QED) is 0.637. The van der Waals surface area contributed by atoms with Crippen molar-refractivity contribution in [2.75, 3.05) is 0 Å². The fourth-order valence-electron chi connectivity index (χ4n) is 1.77. The van der Waals surface area contributed by atoms with E-state index >= 15 is 0 Å². The first-order chi connectivity index (χ1) is 9.04. The molecular formula is C12H6ClF2N3S. The van der Waals surface area contributed by atoms with Crippen LogP contribution in [0.2, 0.25) is 5.28 Å². The summed E-state index contributed by atoms with van der Waals surface area (Å²) in [5.41, 5.74) is 0.929. The minimum atomic E-state index is -0.692. The van der Waals surface area contributed by atoms with Gasteiger partial charge >= 0.3 is 0 Å². The van der Waals surface area contributed by atoms with Crippen molar-refractivity contribution >= 4 is 33.3 Å². The highest BCUT2D eigenvalue weighted by molar-refractivity contribution is 7.19. The number of hydrogen-bond donors (Lipinski definition) is 0. The van der Waals surface area contributed by atoms with Crippen LogP contribution in [0.1, 0.15) is 5.01 Å². The van der Waals surface area contributed by atoms with Crippen molar-refractivity contribution < 1.29 is 8.78 Å². The molecule has 0 fully saturated rings. The van der Waals surface area contributed by atoms with E-state index in [9.17, 15) is 8.78 Å². The third-order valence-electron chi connectivity index (χ3n) is 2.52. The SMILES string of the molecule is Cc1nc2nc(Cl)nc(-c3ccc(F)cc3F)c2s1. The lowest BCUT2D eigenvalue weighted by molar-refractivity contribution is 0.585. The molecule has 0 spiro atoms. The van der Waals surface area contributed by atoms with E-state index in [1.165, 1.54) is 23.5 Å². The number of fused-ring (bicyclic) bond motifs is 1. The van der Waals surface area contributed by atoms with E-state index in [0.29, 0.717) is 16.0 Å². The van der Waals surface area contributed by atoms with Crippen molar-refractivity contribution in [3.05, 3.63) is 40.1 Å². The van der Waals surface area contributed by atoms with Crippen LogP contribution in [0, 0.1) is 18.6 Å². The van der Waals surface area contributed by atoms with Gasteiger partial charge in [-0.3, -0.25) is 0 Å². The number of hydrogen-bond acceptors (Lipinski definition) is 4. The average Bonchev–Trinajstić information content (AvgIpc) is 2.68. The van der Waals surface area contributed by atoms with Crippen LogP contribution in [-0.4, -0.2) is 15.0 Å². The predicted octanol–water partition coefficient (Wildman–Crippen LogP) is 3.99. The molecule has 3 rings (SSSR count). The van der Waals surface area contributed by atoms with Crippen LogP contribution >= 0.6 is 22.9 Å². The highest BCUT2D eigenvalue weighted by atomic mass is 35.5. The summed E-state index contributed by atoms with van der Waals surface area (Å²) in [7, 11) is 0. The van der Waals surface area contributed by atoms with Crippen LogP contribution in [-0.2, 0) is 0 Å². The van der Waals surface area contributed by atoms with Gasteiger partial charge in [-0.05, 0) is 30.7 Å². The monoisotopic (exact) mass is 297 g/mol. The summed E-state index contributed by atoms with van der Waals surface area (Å²) in [5, 5.41) is 0.756. The lowest BCUT2D eigenvalue weighted by Gasteiger charge is -2.04. The Kier molecular flexibility index (Phi) is 2.91. The zero-order chi connectivity index (χ0) is 13.6. The van der Waals surface area contributed by atoms with Crippen molar-refractivity contribution in [3.8, 4) is 11.3 Å². The minimum absolute atomic E-state index is 0.0171. The van der Waals surface area contributed by atoms with Gasteiger partial charge in [-0.1, -0.05) is 0 Å². The summed E-state index contributed by atoms with van der Waals surface area (Å²) < 4.78 is 27.4. The minimum Gasteiger partial charge on any atom is -0.222 e. The van der Waals surface area contributed by atoms with Crippen LogP contribution in [0.25, 0.3) is 21.6 Å². The molecule has 0 saturated carbocycles. The molecule has 0 atom stereocenters. The van der Waals surface area contributed by atoms with Crippen LogP contribution in [0.4, 0.5) is 8.78 Å². The molecule has 0 unspecified atom stereocenters. The van der Waals surface area contributed by atoms with Gasteiger partial charge in [-0.15, -0.1) is 11.3 Å². The molecule has 2 aromatic heterocycles. The Bertz CT molecular complexity index is 788. The second-order valence-corrected chi connectivity index (χ2v) is 5.39. The Morgan fingerprint density at radius 1 is 1.16 bits per heavy atom. The number of thiazole rings is 1. The maximum atomic E-state index is 13.8. The molecule has 7 heteroatoms. The van der Waals surface area contributed by atoms with E-state index in [-0.39, 0.29) is 10.8 Å². The highest BCUT2D eigenvalue weighted by Gasteiger charge is 2.16. The van der Waals surface area contributed by atoms with Crippen LogP contribution in [0.5, 0.6) is 0 Å². The molecule has 0 aliphatic heterocycles. The predicted molar refractivity (Wildman–Crippen MR) is 70.3 cm³/mol. The van der Waals surface area contributed by atoms with E-state index in [1.54, 1.807) is 0 Å². The molecule has 3 aromatic rings. The van der Waals surface area contributed by atoms with E-state index < -0.39 is 11.6 Å². The van der Waals surface area contributed by atoms with Crippen molar-refractivity contribution in [1.82, 2.24) is 15.0 Å². The van der Waals surface area contributed by atoms with Gasteiger partial charge in [0.2, 0.25) is 5.28 Å². The number of aromatic nitrogens is 3. The van der Waals surface area contributed by atoms with Crippen LogP contribution < -0.4 is 0 Å². The van der Waals surface area contributed by atoms with Gasteiger partial charge in [0.05, 0.1) is 10.7 Å². The Labute approximate surface area is 115 Å². The Morgan fingerprint density at radius 2 is 1.95 bits per heavy atom. The number of nitrogens with zero attached hydrogens (tertiary/aromatic N) is 3. The number of rotatable bonds is 1. The van der Waals surface area contributed by atoms with Gasteiger partial charge in [0.25, 0.3) is 0 Å². The fourth-order valence-corrected chi connectivity index (χ4v) is 2.79. The second kappa shape index (κ2) is 4.47.